The summed E-state index contributed by atoms with van der Waals surface area (Å²) in [6.07, 6.45) is -6.63. The summed E-state index contributed by atoms with van der Waals surface area (Å²) >= 11 is 0. The summed E-state index contributed by atoms with van der Waals surface area (Å²) in [5.74, 6) is 0. The Kier molecular flexibility index (Phi) is 13.0. The van der Waals surface area contributed by atoms with Gasteiger partial charge in [0.1, 0.15) is 0 Å². The number of rotatable bonds is 3. The molecule has 0 aromatic heterocycles. The third-order valence-electron chi connectivity index (χ3n) is 1.65. The van der Waals surface area contributed by atoms with Crippen molar-refractivity contribution in [2.75, 3.05) is 19.9 Å². The summed E-state index contributed by atoms with van der Waals surface area (Å²) in [6.45, 7) is -1.32. The Hall–Kier alpha value is 2.93. The minimum atomic E-state index is -3.93. The van der Waals surface area contributed by atoms with Gasteiger partial charge in [0.15, 0.2) is 0 Å². The average molecular weight is 291 g/mol. The first-order valence-corrected chi connectivity index (χ1v) is 3.76. The van der Waals surface area contributed by atoms with Gasteiger partial charge < -0.3 is 19.4 Å². The molecule has 0 spiro atoms. The molecule has 11 heteroatoms. The second-order valence-electron chi connectivity index (χ2n) is 2.64. The van der Waals surface area contributed by atoms with E-state index in [1.807, 2.05) is 0 Å². The van der Waals surface area contributed by atoms with Crippen molar-refractivity contribution < 1.29 is 135 Å². The van der Waals surface area contributed by atoms with E-state index in [2.05, 4.69) is 9.39 Å². The third kappa shape index (κ3) is 6.91. The Labute approximate surface area is 176 Å². The van der Waals surface area contributed by atoms with E-state index in [1.165, 1.54) is 0 Å². The van der Waals surface area contributed by atoms with Crippen molar-refractivity contribution in [3.05, 3.63) is 0 Å². The topological polar surface area (TPSA) is 67.8 Å². The maximum Gasteiger partial charge on any atom is 1.00 e. The zero-order chi connectivity index (χ0) is 10.8. The summed E-state index contributed by atoms with van der Waals surface area (Å²) in [5.41, 5.74) is 0. The second-order valence-corrected chi connectivity index (χ2v) is 2.64. The van der Waals surface area contributed by atoms with Crippen LogP contribution in [0.4, 0.5) is 13.2 Å². The van der Waals surface area contributed by atoms with Crippen LogP contribution in [0.25, 0.3) is 0 Å². The molecule has 0 N–H and O–H groups in total. The molecule has 0 amide bonds. The van der Waals surface area contributed by atoms with E-state index in [0.717, 1.165) is 0 Å². The predicted octanol–water partition coefficient (Wildman–Crippen LogP) is -8.11. The van der Waals surface area contributed by atoms with Gasteiger partial charge in [0.25, 0.3) is 0 Å². The summed E-state index contributed by atoms with van der Waals surface area (Å²) in [4.78, 5) is 0.520. The van der Waals surface area contributed by atoms with Crippen molar-refractivity contribution >= 4 is 7.32 Å². The zero-order valence-electron chi connectivity index (χ0n) is 8.99. The van der Waals surface area contributed by atoms with Crippen molar-refractivity contribution in [3.63, 3.8) is 0 Å². The Bertz CT molecular complexity index is 205. The molecule has 1 aliphatic heterocycles. The van der Waals surface area contributed by atoms with Gasteiger partial charge in [0.05, 0.1) is 20.7 Å². The SMILES string of the molecule is [K+].[K+].[O-]B([O-])OCN1CCOC(F)(F)C1F. The molecule has 1 unspecified atom stereocenters. The van der Waals surface area contributed by atoms with Gasteiger partial charge in [-0.1, -0.05) is 0 Å². The molecule has 0 aliphatic carbocycles. The van der Waals surface area contributed by atoms with Crippen LogP contribution in [0, 0.1) is 0 Å². The molecule has 0 radical (unpaired) electrons. The molecule has 82 valence electrons. The van der Waals surface area contributed by atoms with E-state index in [0.29, 0.717) is 4.90 Å². The standard InChI is InChI=1S/C5H7BF3NO4.2K/c7-4-5(8,9)13-2-1-10(4)3-14-6(11)12;;/h4H,1-3H2;;/q-2;2*+1. The number of hydrogen-bond acceptors (Lipinski definition) is 5. The maximum absolute atomic E-state index is 12.8. The van der Waals surface area contributed by atoms with Gasteiger partial charge >= 0.3 is 109 Å². The average Bonchev–Trinajstić information content (AvgIpc) is 2.07. The predicted molar refractivity (Wildman–Crippen MR) is 34.2 cm³/mol. The Balaban J connectivity index is 0. The van der Waals surface area contributed by atoms with Crippen LogP contribution in [0.2, 0.25) is 0 Å². The zero-order valence-corrected chi connectivity index (χ0v) is 15.2. The number of nitrogens with zero attached hydrogens (tertiary/aromatic N) is 1. The molecule has 0 saturated carbocycles. The molecule has 0 aromatic rings. The van der Waals surface area contributed by atoms with Gasteiger partial charge in [-0.05, 0) is 0 Å². The second kappa shape index (κ2) is 9.77. The van der Waals surface area contributed by atoms with Crippen LogP contribution in [-0.4, -0.2) is 44.5 Å². The van der Waals surface area contributed by atoms with Crippen molar-refractivity contribution in [2.24, 2.45) is 0 Å². The van der Waals surface area contributed by atoms with Crippen LogP contribution < -0.4 is 113 Å². The van der Waals surface area contributed by atoms with Crippen LogP contribution >= 0.6 is 0 Å². The van der Waals surface area contributed by atoms with Gasteiger partial charge in [-0.25, -0.2) is 9.29 Å². The molecule has 1 heterocycles. The van der Waals surface area contributed by atoms with Gasteiger partial charge in [0.2, 0.25) is 6.30 Å². The summed E-state index contributed by atoms with van der Waals surface area (Å²) in [7, 11) is -2.61. The number of ether oxygens (including phenoxy) is 1. The molecule has 1 fully saturated rings. The molecule has 1 saturated heterocycles. The van der Waals surface area contributed by atoms with E-state index in [1.54, 1.807) is 0 Å². The first-order chi connectivity index (χ1) is 6.43. The molecule has 0 aromatic carbocycles. The van der Waals surface area contributed by atoms with Gasteiger partial charge in [-0.3, -0.25) is 0 Å². The molecular weight excluding hydrogens is 284 g/mol. The van der Waals surface area contributed by atoms with Crippen LogP contribution in [0.5, 0.6) is 0 Å². The van der Waals surface area contributed by atoms with Crippen LogP contribution in [-0.2, 0) is 9.39 Å². The van der Waals surface area contributed by atoms with Gasteiger partial charge in [-0.2, -0.15) is 8.78 Å². The minimum absolute atomic E-state index is 0. The molecule has 1 atom stereocenters. The summed E-state index contributed by atoms with van der Waals surface area (Å²) in [5, 5.41) is 19.8. The van der Waals surface area contributed by atoms with Gasteiger partial charge in [0, 0.05) is 6.54 Å². The van der Waals surface area contributed by atoms with Crippen molar-refractivity contribution in [1.29, 1.82) is 0 Å². The fraction of sp³-hybridized carbons (Fsp3) is 1.00. The Morgan fingerprint density at radius 1 is 1.44 bits per heavy atom. The third-order valence-corrected chi connectivity index (χ3v) is 1.65. The van der Waals surface area contributed by atoms with E-state index in [-0.39, 0.29) is 116 Å². The van der Waals surface area contributed by atoms with Crippen molar-refractivity contribution in [1.82, 2.24) is 4.90 Å². The fourth-order valence-corrected chi connectivity index (χ4v) is 0.980. The largest absolute Gasteiger partial charge is 1.00 e. The van der Waals surface area contributed by atoms with Gasteiger partial charge in [-0.15, -0.1) is 0 Å². The first-order valence-electron chi connectivity index (χ1n) is 3.76. The molecular formula is C5H7BF3K2NO4. The molecule has 1 aliphatic rings. The first kappa shape index (κ1) is 21.2. The normalized spacial score (nSPS) is 24.2. The molecule has 5 nitrogen and oxygen atoms in total. The number of hydrogen-bond donors (Lipinski definition) is 0. The van der Waals surface area contributed by atoms with Crippen LogP contribution in [0.1, 0.15) is 0 Å². The van der Waals surface area contributed by atoms with E-state index >= 15 is 0 Å². The molecule has 1 rings (SSSR count). The maximum atomic E-state index is 12.8. The number of halogens is 3. The summed E-state index contributed by atoms with van der Waals surface area (Å²) < 4.78 is 45.7. The monoisotopic (exact) mass is 291 g/mol. The van der Waals surface area contributed by atoms with E-state index in [9.17, 15) is 23.2 Å². The molecule has 0 bridgehead atoms. The Morgan fingerprint density at radius 3 is 2.50 bits per heavy atom. The molecule has 16 heavy (non-hydrogen) atoms. The Morgan fingerprint density at radius 2 is 2.00 bits per heavy atom. The quantitative estimate of drug-likeness (QED) is 0.382. The fourth-order valence-electron chi connectivity index (χ4n) is 0.980. The van der Waals surface area contributed by atoms with E-state index < -0.39 is 26.5 Å². The smallest absolute Gasteiger partial charge is 0.871 e. The number of morpholine rings is 1. The van der Waals surface area contributed by atoms with Crippen molar-refractivity contribution in [2.45, 2.75) is 12.4 Å². The van der Waals surface area contributed by atoms with Crippen molar-refractivity contribution in [3.8, 4) is 0 Å². The number of alkyl halides is 3. The van der Waals surface area contributed by atoms with Crippen LogP contribution in [0.15, 0.2) is 0 Å². The van der Waals surface area contributed by atoms with Crippen LogP contribution in [0.3, 0.4) is 0 Å². The minimum Gasteiger partial charge on any atom is -0.871 e. The van der Waals surface area contributed by atoms with E-state index in [4.69, 9.17) is 0 Å². The summed E-state index contributed by atoms with van der Waals surface area (Å²) in [6, 6.07) is 0.